The fourth-order valence-corrected chi connectivity index (χ4v) is 3.59. The molecule has 0 bridgehead atoms. The summed E-state index contributed by atoms with van der Waals surface area (Å²) in [4.78, 5) is 35.8. The highest BCUT2D eigenvalue weighted by Gasteiger charge is 2.54. The molecule has 0 saturated heterocycles. The number of Topliss-reactive ketones (excluding diaryl/α,β-unsaturated/α-hetero) is 1. The molecule has 168 valence electrons. The summed E-state index contributed by atoms with van der Waals surface area (Å²) in [7, 11) is 0. The Morgan fingerprint density at radius 1 is 1.25 bits per heavy atom. The molecular weight excluding hydrogens is 438 g/mol. The van der Waals surface area contributed by atoms with Gasteiger partial charge in [-0.15, -0.1) is 0 Å². The van der Waals surface area contributed by atoms with E-state index in [1.54, 1.807) is 30.6 Å². The van der Waals surface area contributed by atoms with E-state index >= 15 is 0 Å². The highest BCUT2D eigenvalue weighted by molar-refractivity contribution is 6.34. The van der Waals surface area contributed by atoms with E-state index in [0.29, 0.717) is 25.7 Å². The molecule has 1 fully saturated rings. The number of rotatable bonds is 11. The van der Waals surface area contributed by atoms with Crippen molar-refractivity contribution in [3.8, 4) is 17.2 Å². The van der Waals surface area contributed by atoms with Gasteiger partial charge in [-0.2, -0.15) is 10.4 Å². The number of hydrogen-bond acceptors (Lipinski definition) is 7. The Morgan fingerprint density at radius 3 is 2.66 bits per heavy atom. The summed E-state index contributed by atoms with van der Waals surface area (Å²) < 4.78 is 10.1. The van der Waals surface area contributed by atoms with Crippen molar-refractivity contribution >= 4 is 29.5 Å². The average Bonchev–Trinajstić information content (AvgIpc) is 3.36. The van der Waals surface area contributed by atoms with Crippen molar-refractivity contribution in [1.29, 1.82) is 5.26 Å². The number of carboxylic acids is 1. The Kier molecular flexibility index (Phi) is 7.49. The molecular formula is C22H22ClN3O6. The number of aliphatic carboxylic acids is 1. The molecule has 1 aromatic heterocycles. The molecule has 1 aliphatic rings. The van der Waals surface area contributed by atoms with Gasteiger partial charge in [0.2, 0.25) is 0 Å². The zero-order valence-electron chi connectivity index (χ0n) is 17.2. The number of ether oxygens (including phenoxy) is 2. The molecule has 0 amide bonds. The molecule has 9 nitrogen and oxygen atoms in total. The lowest BCUT2D eigenvalue weighted by molar-refractivity contribution is -0.137. The molecule has 0 spiro atoms. The van der Waals surface area contributed by atoms with Gasteiger partial charge in [-0.25, -0.2) is 4.79 Å². The average molecular weight is 460 g/mol. The largest absolute Gasteiger partial charge is 0.508 e. The second kappa shape index (κ2) is 10.3. The summed E-state index contributed by atoms with van der Waals surface area (Å²) in [6, 6.07) is 7.19. The van der Waals surface area contributed by atoms with Crippen LogP contribution in [0, 0.1) is 22.7 Å². The van der Waals surface area contributed by atoms with Crippen molar-refractivity contribution < 1.29 is 29.0 Å². The van der Waals surface area contributed by atoms with Gasteiger partial charge in [0.1, 0.15) is 6.61 Å². The maximum absolute atomic E-state index is 13.4. The number of nitriles is 1. The summed E-state index contributed by atoms with van der Waals surface area (Å²) >= 11 is 6.29. The van der Waals surface area contributed by atoms with Crippen LogP contribution >= 0.6 is 11.6 Å². The molecule has 2 aromatic rings. The first-order valence-electron chi connectivity index (χ1n) is 10.1. The first-order chi connectivity index (χ1) is 15.4. The van der Waals surface area contributed by atoms with E-state index in [-0.39, 0.29) is 36.0 Å². The van der Waals surface area contributed by atoms with Gasteiger partial charge in [0.15, 0.2) is 5.78 Å². The minimum absolute atomic E-state index is 0.00664. The van der Waals surface area contributed by atoms with Crippen LogP contribution in [-0.2, 0) is 14.3 Å². The fraction of sp³-hybridized carbons (Fsp3) is 0.409. The first-order valence-corrected chi connectivity index (χ1v) is 10.5. The molecule has 1 heterocycles. The van der Waals surface area contributed by atoms with Gasteiger partial charge in [-0.05, 0) is 43.4 Å². The monoisotopic (exact) mass is 459 g/mol. The third-order valence-electron chi connectivity index (χ3n) is 5.43. The van der Waals surface area contributed by atoms with E-state index in [1.807, 2.05) is 0 Å². The summed E-state index contributed by atoms with van der Waals surface area (Å²) in [5.41, 5.74) is 0.834. The molecule has 1 saturated carbocycles. The van der Waals surface area contributed by atoms with Gasteiger partial charge in [-0.1, -0.05) is 17.7 Å². The van der Waals surface area contributed by atoms with Crippen LogP contribution < -0.4 is 0 Å². The number of ketones is 1. The third-order valence-corrected chi connectivity index (χ3v) is 5.76. The number of aromatic amines is 1. The quantitative estimate of drug-likeness (QED) is 0.288. The topological polar surface area (TPSA) is 142 Å². The van der Waals surface area contributed by atoms with Crippen LogP contribution in [0.15, 0.2) is 30.6 Å². The Bertz CT molecular complexity index is 1030. The molecule has 0 aliphatic heterocycles. The summed E-state index contributed by atoms with van der Waals surface area (Å²) in [6.45, 7) is -0.306. The molecule has 2 N–H and O–H groups in total. The number of nitrogens with zero attached hydrogens (tertiary/aromatic N) is 2. The molecule has 3 rings (SSSR count). The highest BCUT2D eigenvalue weighted by Crippen LogP contribution is 2.53. The molecule has 32 heavy (non-hydrogen) atoms. The summed E-state index contributed by atoms with van der Waals surface area (Å²) in [5, 5.41) is 25.1. The van der Waals surface area contributed by atoms with Gasteiger partial charge in [0.05, 0.1) is 35.2 Å². The minimum atomic E-state index is -0.967. The predicted octanol–water partition coefficient (Wildman–Crippen LogP) is 4.24. The number of H-pyrrole nitrogens is 1. The van der Waals surface area contributed by atoms with E-state index in [2.05, 4.69) is 16.3 Å². The van der Waals surface area contributed by atoms with E-state index in [9.17, 15) is 19.6 Å². The van der Waals surface area contributed by atoms with Crippen LogP contribution in [0.4, 0.5) is 4.79 Å². The van der Waals surface area contributed by atoms with Crippen molar-refractivity contribution in [2.75, 3.05) is 13.2 Å². The number of benzene rings is 1. The van der Waals surface area contributed by atoms with E-state index in [0.717, 1.165) is 11.1 Å². The third kappa shape index (κ3) is 5.65. The normalized spacial score (nSPS) is 14.8. The number of hydrogen-bond donors (Lipinski definition) is 2. The van der Waals surface area contributed by atoms with Gasteiger partial charge in [0, 0.05) is 23.7 Å². The van der Waals surface area contributed by atoms with E-state index < -0.39 is 23.5 Å². The number of nitrogens with one attached hydrogen (secondary N) is 1. The zero-order valence-corrected chi connectivity index (χ0v) is 17.9. The Balaban J connectivity index is 1.67. The standard InChI is InChI=1S/C22H22ClN3O6/c23-18-5-4-14(15-10-25-26-11-15)9-16(18)20(29)17(22(13-24)6-7-22)12-32-21(30)31-8-2-1-3-19(27)28/h4-5,9-11,17H,1-3,6-8,12H2,(H,25,26)(H,27,28). The second-order valence-electron chi connectivity index (χ2n) is 7.63. The molecule has 1 atom stereocenters. The van der Waals surface area contributed by atoms with E-state index in [4.69, 9.17) is 26.2 Å². The van der Waals surface area contributed by atoms with Crippen LogP contribution in [0.2, 0.25) is 5.02 Å². The van der Waals surface area contributed by atoms with Crippen molar-refractivity contribution in [2.45, 2.75) is 32.1 Å². The molecule has 1 aromatic carbocycles. The van der Waals surface area contributed by atoms with Gasteiger partial charge >= 0.3 is 12.1 Å². The lowest BCUT2D eigenvalue weighted by Crippen LogP contribution is -2.30. The Hall–Kier alpha value is -3.38. The Labute approximate surface area is 189 Å². The summed E-state index contributed by atoms with van der Waals surface area (Å²) in [6.07, 6.45) is 4.10. The molecule has 10 heteroatoms. The zero-order chi connectivity index (χ0) is 23.1. The maximum Gasteiger partial charge on any atom is 0.508 e. The maximum atomic E-state index is 13.4. The van der Waals surface area contributed by atoms with Crippen LogP contribution in [0.25, 0.3) is 11.1 Å². The Morgan fingerprint density at radius 2 is 2.03 bits per heavy atom. The fourth-order valence-electron chi connectivity index (χ4n) is 3.38. The SMILES string of the molecule is N#CC1(C(COC(=O)OCCCCC(=O)O)C(=O)c2cc(-c3cn[nH]c3)ccc2Cl)CC1. The van der Waals surface area contributed by atoms with Gasteiger partial charge in [-0.3, -0.25) is 14.7 Å². The minimum Gasteiger partial charge on any atom is -0.481 e. The van der Waals surface area contributed by atoms with Crippen molar-refractivity contribution in [2.24, 2.45) is 11.3 Å². The molecule has 1 unspecified atom stereocenters. The van der Waals surface area contributed by atoms with Crippen molar-refractivity contribution in [1.82, 2.24) is 10.2 Å². The first kappa shape index (κ1) is 23.3. The predicted molar refractivity (Wildman–Crippen MR) is 113 cm³/mol. The smallest absolute Gasteiger partial charge is 0.481 e. The lowest BCUT2D eigenvalue weighted by Gasteiger charge is -2.21. The van der Waals surface area contributed by atoms with Crippen molar-refractivity contribution in [3.63, 3.8) is 0 Å². The van der Waals surface area contributed by atoms with Crippen LogP contribution in [-0.4, -0.2) is 46.4 Å². The number of carbonyl (C=O) groups is 3. The molecule has 1 aliphatic carbocycles. The second-order valence-corrected chi connectivity index (χ2v) is 8.03. The van der Waals surface area contributed by atoms with Crippen LogP contribution in [0.5, 0.6) is 0 Å². The number of halogens is 1. The van der Waals surface area contributed by atoms with Crippen LogP contribution in [0.3, 0.4) is 0 Å². The molecule has 0 radical (unpaired) electrons. The van der Waals surface area contributed by atoms with Crippen molar-refractivity contribution in [3.05, 3.63) is 41.2 Å². The number of unbranched alkanes of at least 4 members (excludes halogenated alkanes) is 1. The summed E-state index contributed by atoms with van der Waals surface area (Å²) in [5.74, 6) is -2.19. The number of aromatic nitrogens is 2. The number of carbonyl (C=O) groups excluding carboxylic acids is 2. The van der Waals surface area contributed by atoms with Gasteiger partial charge in [0.25, 0.3) is 0 Å². The number of carboxylic acid groups (broad SMARTS) is 1. The lowest BCUT2D eigenvalue weighted by atomic mass is 9.84. The van der Waals surface area contributed by atoms with Gasteiger partial charge < -0.3 is 14.6 Å². The highest BCUT2D eigenvalue weighted by atomic mass is 35.5. The van der Waals surface area contributed by atoms with Crippen LogP contribution in [0.1, 0.15) is 42.5 Å². The van der Waals surface area contributed by atoms with E-state index in [1.165, 1.54) is 0 Å².